The molecule has 1 aromatic carbocycles. The molecule has 1 unspecified atom stereocenters. The highest BCUT2D eigenvalue weighted by Gasteiger charge is 2.09. The second-order valence-electron chi connectivity index (χ2n) is 5.10. The second-order valence-corrected chi connectivity index (χ2v) is 8.08. The van der Waals surface area contributed by atoms with Gasteiger partial charge in [0.05, 0.1) is 32.9 Å². The molecular weight excluding hydrogens is 352 g/mol. The Morgan fingerprint density at radius 1 is 1.26 bits per heavy atom. The average Bonchev–Trinajstić information content (AvgIpc) is 3.09. The van der Waals surface area contributed by atoms with Crippen LogP contribution in [0.1, 0.15) is 11.3 Å². The SMILES string of the molecule is CS(=O)c1nc2ccc(Cc3cn4nc(Cl)ccc4n3)cc2s1. The number of aromatic nitrogens is 4. The fourth-order valence-corrected chi connectivity index (χ4v) is 4.25. The van der Waals surface area contributed by atoms with Gasteiger partial charge in [0.1, 0.15) is 5.15 Å². The van der Waals surface area contributed by atoms with Gasteiger partial charge in [0, 0.05) is 12.7 Å². The van der Waals surface area contributed by atoms with Gasteiger partial charge in [-0.2, -0.15) is 5.10 Å². The summed E-state index contributed by atoms with van der Waals surface area (Å²) in [6.07, 6.45) is 4.22. The molecule has 0 aliphatic heterocycles. The highest BCUT2D eigenvalue weighted by molar-refractivity contribution is 7.86. The third kappa shape index (κ3) is 2.87. The molecule has 1 atom stereocenters. The Balaban J connectivity index is 1.69. The molecule has 0 aliphatic rings. The molecular formula is C15H11ClN4OS2. The Hall–Kier alpha value is -1.83. The summed E-state index contributed by atoms with van der Waals surface area (Å²) in [5, 5.41) is 4.63. The first-order valence-electron chi connectivity index (χ1n) is 6.82. The van der Waals surface area contributed by atoms with Gasteiger partial charge in [0.25, 0.3) is 0 Å². The maximum atomic E-state index is 11.5. The highest BCUT2D eigenvalue weighted by Crippen LogP contribution is 2.26. The van der Waals surface area contributed by atoms with E-state index in [-0.39, 0.29) is 0 Å². The Morgan fingerprint density at radius 3 is 2.96 bits per heavy atom. The minimum atomic E-state index is -1.05. The summed E-state index contributed by atoms with van der Waals surface area (Å²) < 4.78 is 14.9. The van der Waals surface area contributed by atoms with E-state index >= 15 is 0 Å². The Kier molecular flexibility index (Phi) is 3.63. The van der Waals surface area contributed by atoms with Crippen LogP contribution in [0.2, 0.25) is 5.15 Å². The van der Waals surface area contributed by atoms with E-state index in [2.05, 4.69) is 21.1 Å². The molecule has 0 radical (unpaired) electrons. The van der Waals surface area contributed by atoms with Gasteiger partial charge in [-0.3, -0.25) is 4.21 Å². The van der Waals surface area contributed by atoms with Crippen molar-refractivity contribution in [1.29, 1.82) is 0 Å². The lowest BCUT2D eigenvalue weighted by Crippen LogP contribution is -1.88. The van der Waals surface area contributed by atoms with Gasteiger partial charge in [-0.05, 0) is 29.8 Å². The zero-order valence-corrected chi connectivity index (χ0v) is 14.5. The summed E-state index contributed by atoms with van der Waals surface area (Å²) in [6.45, 7) is 0. The first-order chi connectivity index (χ1) is 11.1. The molecule has 5 nitrogen and oxygen atoms in total. The maximum absolute atomic E-state index is 11.5. The summed E-state index contributed by atoms with van der Waals surface area (Å²) >= 11 is 7.36. The van der Waals surface area contributed by atoms with Crippen LogP contribution in [-0.2, 0) is 17.2 Å². The molecule has 23 heavy (non-hydrogen) atoms. The molecule has 0 spiro atoms. The van der Waals surface area contributed by atoms with Gasteiger partial charge in [-0.25, -0.2) is 14.5 Å². The quantitative estimate of drug-likeness (QED) is 0.561. The van der Waals surface area contributed by atoms with E-state index in [1.54, 1.807) is 16.8 Å². The third-order valence-corrected chi connectivity index (χ3v) is 5.95. The molecule has 8 heteroatoms. The predicted molar refractivity (Wildman–Crippen MR) is 92.8 cm³/mol. The number of fused-ring (bicyclic) bond motifs is 2. The molecule has 0 N–H and O–H groups in total. The van der Waals surface area contributed by atoms with Gasteiger partial charge in [0.15, 0.2) is 9.99 Å². The van der Waals surface area contributed by atoms with Crippen molar-refractivity contribution in [3.8, 4) is 0 Å². The van der Waals surface area contributed by atoms with Crippen LogP contribution in [-0.4, -0.2) is 30.0 Å². The number of thiazole rings is 1. The Bertz CT molecular complexity index is 1060. The minimum Gasteiger partial charge on any atom is -0.252 e. The molecule has 4 aromatic rings. The molecule has 0 saturated carbocycles. The first-order valence-corrected chi connectivity index (χ1v) is 9.57. The van der Waals surface area contributed by atoms with E-state index in [9.17, 15) is 4.21 Å². The van der Waals surface area contributed by atoms with Gasteiger partial charge < -0.3 is 0 Å². The van der Waals surface area contributed by atoms with Gasteiger partial charge in [-0.15, -0.1) is 11.3 Å². The zero-order chi connectivity index (χ0) is 16.0. The van der Waals surface area contributed by atoms with E-state index < -0.39 is 10.8 Å². The highest BCUT2D eigenvalue weighted by atomic mass is 35.5. The number of halogens is 1. The summed E-state index contributed by atoms with van der Waals surface area (Å²) in [6, 6.07) is 9.63. The minimum absolute atomic E-state index is 0.438. The Labute approximate surface area is 143 Å². The molecule has 0 saturated heterocycles. The summed E-state index contributed by atoms with van der Waals surface area (Å²) in [5.41, 5.74) is 3.70. The summed E-state index contributed by atoms with van der Waals surface area (Å²) in [5.74, 6) is 0. The number of imidazole rings is 1. The standard InChI is InChI=1S/C15H11ClN4OS2/c1-23(21)15-18-11-3-2-9(7-12(11)22-15)6-10-8-20-14(17-10)5-4-13(16)19-20/h2-5,7-8H,6H2,1H3. The molecule has 0 fully saturated rings. The van der Waals surface area contributed by atoms with Crippen molar-refractivity contribution >= 4 is 49.6 Å². The van der Waals surface area contributed by atoms with Gasteiger partial charge >= 0.3 is 0 Å². The van der Waals surface area contributed by atoms with Gasteiger partial charge in [-0.1, -0.05) is 17.7 Å². The fourth-order valence-electron chi connectivity index (χ4n) is 2.38. The largest absolute Gasteiger partial charge is 0.252 e. The molecule has 116 valence electrons. The van der Waals surface area contributed by atoms with Crippen molar-refractivity contribution in [3.63, 3.8) is 0 Å². The number of nitrogens with zero attached hydrogens (tertiary/aromatic N) is 4. The van der Waals surface area contributed by atoms with Crippen LogP contribution >= 0.6 is 22.9 Å². The average molecular weight is 363 g/mol. The van der Waals surface area contributed by atoms with Crippen LogP contribution in [0.4, 0.5) is 0 Å². The fraction of sp³-hybridized carbons (Fsp3) is 0.133. The molecule has 4 rings (SSSR count). The normalized spacial score (nSPS) is 13.0. The van der Waals surface area contributed by atoms with Crippen molar-refractivity contribution in [2.24, 2.45) is 0 Å². The lowest BCUT2D eigenvalue weighted by Gasteiger charge is -1.97. The number of hydrogen-bond donors (Lipinski definition) is 0. The van der Waals surface area contributed by atoms with E-state index in [0.717, 1.165) is 27.1 Å². The van der Waals surface area contributed by atoms with Gasteiger partial charge in [0.2, 0.25) is 0 Å². The van der Waals surface area contributed by atoms with Crippen molar-refractivity contribution in [2.45, 2.75) is 10.8 Å². The molecule has 3 heterocycles. The molecule has 0 bridgehead atoms. The molecule has 0 amide bonds. The predicted octanol–water partition coefficient (Wildman–Crippen LogP) is 3.32. The lowest BCUT2D eigenvalue weighted by molar-refractivity contribution is 0.686. The van der Waals surface area contributed by atoms with Crippen LogP contribution in [0.3, 0.4) is 0 Å². The van der Waals surface area contributed by atoms with Crippen LogP contribution in [0, 0.1) is 0 Å². The topological polar surface area (TPSA) is 60.2 Å². The van der Waals surface area contributed by atoms with Crippen LogP contribution in [0.5, 0.6) is 0 Å². The van der Waals surface area contributed by atoms with E-state index in [1.807, 2.05) is 24.4 Å². The Morgan fingerprint density at radius 2 is 2.13 bits per heavy atom. The van der Waals surface area contributed by atoms with Crippen molar-refractivity contribution in [2.75, 3.05) is 6.26 Å². The van der Waals surface area contributed by atoms with Crippen molar-refractivity contribution < 1.29 is 4.21 Å². The zero-order valence-electron chi connectivity index (χ0n) is 12.1. The van der Waals surface area contributed by atoms with E-state index in [4.69, 9.17) is 11.6 Å². The smallest absolute Gasteiger partial charge is 0.181 e. The monoisotopic (exact) mass is 362 g/mol. The van der Waals surface area contributed by atoms with E-state index in [0.29, 0.717) is 15.9 Å². The molecule has 3 aromatic heterocycles. The third-order valence-electron chi connectivity index (χ3n) is 3.40. The number of rotatable bonds is 3. The lowest BCUT2D eigenvalue weighted by atomic mass is 10.1. The van der Waals surface area contributed by atoms with Crippen molar-refractivity contribution in [1.82, 2.24) is 19.6 Å². The molecule has 0 aliphatic carbocycles. The van der Waals surface area contributed by atoms with Crippen LogP contribution in [0.25, 0.3) is 15.9 Å². The summed E-state index contributed by atoms with van der Waals surface area (Å²) in [7, 11) is -1.05. The maximum Gasteiger partial charge on any atom is 0.181 e. The first kappa shape index (κ1) is 14.7. The van der Waals surface area contributed by atoms with Crippen LogP contribution in [0.15, 0.2) is 40.9 Å². The second kappa shape index (κ2) is 5.67. The number of hydrogen-bond acceptors (Lipinski definition) is 5. The van der Waals surface area contributed by atoms with Crippen molar-refractivity contribution in [3.05, 3.63) is 52.9 Å². The number of benzene rings is 1. The van der Waals surface area contributed by atoms with E-state index in [1.165, 1.54) is 11.3 Å². The summed E-state index contributed by atoms with van der Waals surface area (Å²) in [4.78, 5) is 8.92. The van der Waals surface area contributed by atoms with Crippen LogP contribution < -0.4 is 0 Å².